The normalized spacial score (nSPS) is 17.0. The maximum absolute atomic E-state index is 6.13. The number of benzene rings is 1. The first kappa shape index (κ1) is 18.3. The van der Waals surface area contributed by atoms with E-state index in [2.05, 4.69) is 57.2 Å². The molecule has 2 aromatic heterocycles. The van der Waals surface area contributed by atoms with Crippen molar-refractivity contribution in [3.63, 3.8) is 0 Å². The Bertz CT molecular complexity index is 894. The van der Waals surface area contributed by atoms with Crippen LogP contribution in [0.2, 0.25) is 5.02 Å². The molecule has 0 saturated carbocycles. The lowest BCUT2D eigenvalue weighted by atomic mass is 9.72. The largest absolute Gasteiger partial charge is 0.356 e. The second-order valence-corrected chi connectivity index (χ2v) is 8.18. The Morgan fingerprint density at radius 3 is 2.59 bits per heavy atom. The summed E-state index contributed by atoms with van der Waals surface area (Å²) >= 11 is 6.13. The lowest BCUT2D eigenvalue weighted by Gasteiger charge is -2.43. The average molecular weight is 384 g/mol. The van der Waals surface area contributed by atoms with E-state index in [0.29, 0.717) is 6.04 Å². The predicted octanol–water partition coefficient (Wildman–Crippen LogP) is 4.15. The van der Waals surface area contributed by atoms with Crippen LogP contribution in [-0.2, 0) is 5.41 Å². The van der Waals surface area contributed by atoms with Gasteiger partial charge in [-0.2, -0.15) is 0 Å². The van der Waals surface area contributed by atoms with Gasteiger partial charge in [0.25, 0.3) is 0 Å². The summed E-state index contributed by atoms with van der Waals surface area (Å²) in [5, 5.41) is 5.55. The third-order valence-corrected chi connectivity index (χ3v) is 5.91. The first-order valence-electron chi connectivity index (χ1n) is 9.60. The summed E-state index contributed by atoms with van der Waals surface area (Å²) in [6, 6.07) is 10.9. The highest BCUT2D eigenvalue weighted by Crippen LogP contribution is 2.37. The minimum absolute atomic E-state index is 0.121. The van der Waals surface area contributed by atoms with Crippen LogP contribution >= 0.6 is 11.6 Å². The number of hydrogen-bond acceptors (Lipinski definition) is 4. The van der Waals surface area contributed by atoms with E-state index in [1.165, 1.54) is 5.56 Å². The van der Waals surface area contributed by atoms with Crippen LogP contribution in [0.3, 0.4) is 0 Å². The van der Waals surface area contributed by atoms with Gasteiger partial charge in [0.2, 0.25) is 0 Å². The van der Waals surface area contributed by atoms with Crippen molar-refractivity contribution in [3.8, 4) is 0 Å². The first-order valence-corrected chi connectivity index (χ1v) is 9.98. The number of piperidine rings is 1. The van der Waals surface area contributed by atoms with Crippen molar-refractivity contribution in [1.82, 2.24) is 20.3 Å². The standard InChI is InChI=1S/C21H26ClN5/c1-15(2)24-13-21(16-3-5-17(22)6-4-16)8-11-27(12-9-21)20-18-7-10-23-19(18)25-14-26-20/h3-7,10,14-15,24H,8-9,11-13H2,1-2H3,(H,23,25,26). The molecule has 0 atom stereocenters. The number of nitrogens with zero attached hydrogens (tertiary/aromatic N) is 3. The first-order chi connectivity index (χ1) is 13.1. The molecule has 1 aliphatic rings. The van der Waals surface area contributed by atoms with E-state index in [9.17, 15) is 0 Å². The Hall–Kier alpha value is -2.11. The summed E-state index contributed by atoms with van der Waals surface area (Å²) in [4.78, 5) is 14.5. The van der Waals surface area contributed by atoms with Gasteiger partial charge in [0, 0.05) is 42.3 Å². The van der Waals surface area contributed by atoms with Crippen LogP contribution in [0.5, 0.6) is 0 Å². The van der Waals surface area contributed by atoms with Crippen molar-refractivity contribution in [3.05, 3.63) is 53.4 Å². The summed E-state index contributed by atoms with van der Waals surface area (Å²) in [5.41, 5.74) is 2.39. The van der Waals surface area contributed by atoms with Crippen LogP contribution in [0.15, 0.2) is 42.9 Å². The van der Waals surface area contributed by atoms with Crippen molar-refractivity contribution < 1.29 is 0 Å². The number of H-pyrrole nitrogens is 1. The molecule has 4 rings (SSSR count). The molecule has 0 radical (unpaired) electrons. The zero-order valence-corrected chi connectivity index (χ0v) is 16.6. The molecule has 0 bridgehead atoms. The summed E-state index contributed by atoms with van der Waals surface area (Å²) in [5.74, 6) is 1.03. The minimum Gasteiger partial charge on any atom is -0.356 e. The Balaban J connectivity index is 1.59. The van der Waals surface area contributed by atoms with E-state index < -0.39 is 0 Å². The van der Waals surface area contributed by atoms with Crippen molar-refractivity contribution in [2.75, 3.05) is 24.5 Å². The van der Waals surface area contributed by atoms with Gasteiger partial charge < -0.3 is 15.2 Å². The molecule has 0 aliphatic carbocycles. The maximum atomic E-state index is 6.13. The van der Waals surface area contributed by atoms with E-state index in [1.807, 2.05) is 18.3 Å². The molecule has 2 N–H and O–H groups in total. The number of fused-ring (bicyclic) bond motifs is 1. The second kappa shape index (κ2) is 7.49. The van der Waals surface area contributed by atoms with Crippen molar-refractivity contribution in [2.45, 2.75) is 38.1 Å². The zero-order valence-electron chi connectivity index (χ0n) is 15.9. The number of aromatic nitrogens is 3. The van der Waals surface area contributed by atoms with Crippen LogP contribution in [0.25, 0.3) is 11.0 Å². The third kappa shape index (κ3) is 3.66. The highest BCUT2D eigenvalue weighted by Gasteiger charge is 2.36. The van der Waals surface area contributed by atoms with Gasteiger partial charge in [0.05, 0.1) is 5.39 Å². The lowest BCUT2D eigenvalue weighted by Crippen LogP contribution is -2.49. The molecule has 6 heteroatoms. The van der Waals surface area contributed by atoms with Gasteiger partial charge in [0.15, 0.2) is 0 Å². The highest BCUT2D eigenvalue weighted by atomic mass is 35.5. The van der Waals surface area contributed by atoms with E-state index in [0.717, 1.165) is 54.3 Å². The molecule has 1 fully saturated rings. The minimum atomic E-state index is 0.121. The zero-order chi connectivity index (χ0) is 18.9. The average Bonchev–Trinajstić information content (AvgIpc) is 3.16. The van der Waals surface area contributed by atoms with E-state index in [1.54, 1.807) is 6.33 Å². The molecule has 1 saturated heterocycles. The topological polar surface area (TPSA) is 56.8 Å². The Morgan fingerprint density at radius 2 is 1.89 bits per heavy atom. The molecule has 3 aromatic rings. The van der Waals surface area contributed by atoms with Gasteiger partial charge in [-0.25, -0.2) is 9.97 Å². The summed E-state index contributed by atoms with van der Waals surface area (Å²) in [7, 11) is 0. The maximum Gasteiger partial charge on any atom is 0.142 e. The molecule has 142 valence electrons. The molecule has 3 heterocycles. The number of rotatable bonds is 5. The smallest absolute Gasteiger partial charge is 0.142 e. The van der Waals surface area contributed by atoms with Crippen LogP contribution in [0.4, 0.5) is 5.82 Å². The molecule has 0 unspecified atom stereocenters. The lowest BCUT2D eigenvalue weighted by molar-refractivity contribution is 0.305. The summed E-state index contributed by atoms with van der Waals surface area (Å²) in [6.45, 7) is 7.32. The fourth-order valence-corrected chi connectivity index (χ4v) is 4.15. The van der Waals surface area contributed by atoms with E-state index in [-0.39, 0.29) is 5.41 Å². The molecule has 1 aromatic carbocycles. The van der Waals surface area contributed by atoms with Gasteiger partial charge >= 0.3 is 0 Å². The summed E-state index contributed by atoms with van der Waals surface area (Å²) < 4.78 is 0. The van der Waals surface area contributed by atoms with Crippen molar-refractivity contribution >= 4 is 28.5 Å². The molecule has 1 aliphatic heterocycles. The monoisotopic (exact) mass is 383 g/mol. The van der Waals surface area contributed by atoms with Gasteiger partial charge in [-0.05, 0) is 36.6 Å². The molecular weight excluding hydrogens is 358 g/mol. The van der Waals surface area contributed by atoms with Crippen LogP contribution < -0.4 is 10.2 Å². The van der Waals surface area contributed by atoms with Crippen LogP contribution in [-0.4, -0.2) is 40.6 Å². The third-order valence-electron chi connectivity index (χ3n) is 5.66. The van der Waals surface area contributed by atoms with Crippen LogP contribution in [0, 0.1) is 0 Å². The Kier molecular flexibility index (Phi) is 5.06. The highest BCUT2D eigenvalue weighted by molar-refractivity contribution is 6.30. The number of hydrogen-bond donors (Lipinski definition) is 2. The fourth-order valence-electron chi connectivity index (χ4n) is 4.03. The number of aromatic amines is 1. The number of nitrogens with one attached hydrogen (secondary N) is 2. The van der Waals surface area contributed by atoms with Crippen molar-refractivity contribution in [2.24, 2.45) is 0 Å². The number of anilines is 1. The second-order valence-electron chi connectivity index (χ2n) is 7.75. The van der Waals surface area contributed by atoms with Crippen LogP contribution in [0.1, 0.15) is 32.3 Å². The molecule has 0 amide bonds. The predicted molar refractivity (Wildman–Crippen MR) is 112 cm³/mol. The Labute approximate surface area is 165 Å². The quantitative estimate of drug-likeness (QED) is 0.695. The summed E-state index contributed by atoms with van der Waals surface area (Å²) in [6.07, 6.45) is 5.72. The number of halogens is 1. The fraction of sp³-hybridized carbons (Fsp3) is 0.429. The molecule has 0 spiro atoms. The van der Waals surface area contributed by atoms with E-state index >= 15 is 0 Å². The van der Waals surface area contributed by atoms with Gasteiger partial charge in [-0.3, -0.25) is 0 Å². The SMILES string of the molecule is CC(C)NCC1(c2ccc(Cl)cc2)CCN(c2ncnc3[nH]ccc23)CC1. The molecular formula is C21H26ClN5. The van der Waals surface area contributed by atoms with Gasteiger partial charge in [-0.1, -0.05) is 37.6 Å². The Morgan fingerprint density at radius 1 is 1.15 bits per heavy atom. The van der Waals surface area contributed by atoms with Gasteiger partial charge in [0.1, 0.15) is 17.8 Å². The molecule has 27 heavy (non-hydrogen) atoms. The van der Waals surface area contributed by atoms with Crippen molar-refractivity contribution in [1.29, 1.82) is 0 Å². The molecule has 5 nitrogen and oxygen atoms in total. The van der Waals surface area contributed by atoms with E-state index in [4.69, 9.17) is 11.6 Å². The van der Waals surface area contributed by atoms with Gasteiger partial charge in [-0.15, -0.1) is 0 Å².